The van der Waals surface area contributed by atoms with Gasteiger partial charge in [-0.2, -0.15) is 5.26 Å². The molecule has 2 fully saturated rings. The van der Waals surface area contributed by atoms with Crippen molar-refractivity contribution in [1.82, 2.24) is 4.90 Å². The van der Waals surface area contributed by atoms with E-state index >= 15 is 0 Å². The van der Waals surface area contributed by atoms with Gasteiger partial charge in [0.05, 0.1) is 30.9 Å². The van der Waals surface area contributed by atoms with Crippen LogP contribution in [0.1, 0.15) is 30.4 Å². The summed E-state index contributed by atoms with van der Waals surface area (Å²) < 4.78 is 11.4. The zero-order valence-corrected chi connectivity index (χ0v) is 11.6. The average molecular weight is 272 g/mol. The van der Waals surface area contributed by atoms with Crippen molar-refractivity contribution in [2.24, 2.45) is 0 Å². The van der Waals surface area contributed by atoms with Gasteiger partial charge < -0.3 is 9.47 Å². The molecule has 0 bridgehead atoms. The Morgan fingerprint density at radius 3 is 2.80 bits per heavy atom. The topological polar surface area (TPSA) is 45.5 Å². The summed E-state index contributed by atoms with van der Waals surface area (Å²) in [4.78, 5) is 2.41. The van der Waals surface area contributed by atoms with E-state index in [1.165, 1.54) is 12.8 Å². The van der Waals surface area contributed by atoms with Crippen molar-refractivity contribution in [3.63, 3.8) is 0 Å². The molecule has 1 aromatic rings. The lowest BCUT2D eigenvalue weighted by atomic mass is 9.99. The molecule has 0 aromatic heterocycles. The fourth-order valence-corrected chi connectivity index (χ4v) is 3.11. The molecule has 3 rings (SSSR count). The number of ether oxygens (including phenoxy) is 2. The van der Waals surface area contributed by atoms with Crippen molar-refractivity contribution >= 4 is 0 Å². The quantitative estimate of drug-likeness (QED) is 0.847. The van der Waals surface area contributed by atoms with Crippen LogP contribution in [-0.2, 0) is 16.0 Å². The number of piperidine rings is 1. The Morgan fingerprint density at radius 2 is 2.00 bits per heavy atom. The second-order valence-corrected chi connectivity index (χ2v) is 5.41. The molecule has 1 atom stereocenters. The number of likely N-dealkylation sites (tertiary alicyclic amines) is 1. The maximum absolute atomic E-state index is 9.21. The molecule has 1 unspecified atom stereocenters. The van der Waals surface area contributed by atoms with Crippen molar-refractivity contribution in [2.45, 2.75) is 38.1 Å². The third kappa shape index (κ3) is 2.85. The minimum atomic E-state index is -0.0930. The Balaban J connectivity index is 1.75. The van der Waals surface area contributed by atoms with Gasteiger partial charge in [0.25, 0.3) is 0 Å². The molecule has 0 amide bonds. The van der Waals surface area contributed by atoms with Crippen LogP contribution in [0.25, 0.3) is 0 Å². The summed E-state index contributed by atoms with van der Waals surface area (Å²) in [5.41, 5.74) is 1.87. The largest absolute Gasteiger partial charge is 0.349 e. The standard InChI is InChI=1S/C16H20N2O2/c17-11-13-5-1-2-6-14(13)12-18-8-4-3-7-15(18)16-19-9-10-20-16/h1-2,5-6,15-16H,3-4,7-10,12H2. The Morgan fingerprint density at radius 1 is 1.20 bits per heavy atom. The molecule has 0 aliphatic carbocycles. The summed E-state index contributed by atoms with van der Waals surface area (Å²) in [6.07, 6.45) is 3.45. The SMILES string of the molecule is N#Cc1ccccc1CN1CCCCC1C1OCCO1. The smallest absolute Gasteiger partial charge is 0.173 e. The zero-order valence-electron chi connectivity index (χ0n) is 11.6. The highest BCUT2D eigenvalue weighted by atomic mass is 16.7. The average Bonchev–Trinajstić information content (AvgIpc) is 3.02. The highest BCUT2D eigenvalue weighted by Crippen LogP contribution is 2.26. The fraction of sp³-hybridized carbons (Fsp3) is 0.562. The van der Waals surface area contributed by atoms with Crippen LogP contribution in [0, 0.1) is 11.3 Å². The van der Waals surface area contributed by atoms with E-state index in [9.17, 15) is 5.26 Å². The molecule has 2 aliphatic rings. The zero-order chi connectivity index (χ0) is 13.8. The Labute approximate surface area is 119 Å². The summed E-state index contributed by atoms with van der Waals surface area (Å²) >= 11 is 0. The van der Waals surface area contributed by atoms with Crippen molar-refractivity contribution in [3.8, 4) is 6.07 Å². The lowest BCUT2D eigenvalue weighted by Crippen LogP contribution is -2.46. The first-order valence-electron chi connectivity index (χ1n) is 7.34. The van der Waals surface area contributed by atoms with E-state index in [0.717, 1.165) is 30.6 Å². The van der Waals surface area contributed by atoms with E-state index in [0.29, 0.717) is 19.3 Å². The number of hydrogen-bond acceptors (Lipinski definition) is 4. The van der Waals surface area contributed by atoms with Gasteiger partial charge in [0, 0.05) is 6.54 Å². The molecule has 2 heterocycles. The van der Waals surface area contributed by atoms with Gasteiger partial charge >= 0.3 is 0 Å². The third-order valence-corrected chi connectivity index (χ3v) is 4.14. The van der Waals surface area contributed by atoms with E-state index in [1.807, 2.05) is 24.3 Å². The van der Waals surface area contributed by atoms with Crippen LogP contribution < -0.4 is 0 Å². The van der Waals surface area contributed by atoms with Crippen LogP contribution in [0.5, 0.6) is 0 Å². The van der Waals surface area contributed by atoms with Crippen molar-refractivity contribution in [1.29, 1.82) is 5.26 Å². The van der Waals surface area contributed by atoms with Crippen LogP contribution in [0.2, 0.25) is 0 Å². The number of nitrogens with zero attached hydrogens (tertiary/aromatic N) is 2. The Bertz CT molecular complexity index is 491. The first-order valence-corrected chi connectivity index (χ1v) is 7.34. The first-order chi connectivity index (χ1) is 9.88. The molecule has 4 nitrogen and oxygen atoms in total. The van der Waals surface area contributed by atoms with Gasteiger partial charge in [0.2, 0.25) is 0 Å². The Hall–Kier alpha value is -1.41. The number of hydrogen-bond donors (Lipinski definition) is 0. The van der Waals surface area contributed by atoms with Gasteiger partial charge in [-0.1, -0.05) is 24.6 Å². The van der Waals surface area contributed by atoms with Gasteiger partial charge in [0.15, 0.2) is 6.29 Å². The van der Waals surface area contributed by atoms with Crippen LogP contribution in [-0.4, -0.2) is 37.0 Å². The van der Waals surface area contributed by atoms with Crippen LogP contribution >= 0.6 is 0 Å². The molecular weight excluding hydrogens is 252 g/mol. The molecule has 1 aromatic carbocycles. The lowest BCUT2D eigenvalue weighted by Gasteiger charge is -2.38. The summed E-state index contributed by atoms with van der Waals surface area (Å²) in [5, 5.41) is 9.21. The number of benzene rings is 1. The fourth-order valence-electron chi connectivity index (χ4n) is 3.11. The first kappa shape index (κ1) is 13.6. The lowest BCUT2D eigenvalue weighted by molar-refractivity contribution is -0.111. The molecule has 106 valence electrons. The second kappa shape index (κ2) is 6.36. The molecule has 4 heteroatoms. The summed E-state index contributed by atoms with van der Waals surface area (Å²) in [7, 11) is 0. The molecule has 2 saturated heterocycles. The van der Waals surface area contributed by atoms with E-state index in [-0.39, 0.29) is 6.29 Å². The monoisotopic (exact) mass is 272 g/mol. The van der Waals surface area contributed by atoms with E-state index in [1.54, 1.807) is 0 Å². The van der Waals surface area contributed by atoms with Crippen molar-refractivity contribution in [2.75, 3.05) is 19.8 Å². The van der Waals surface area contributed by atoms with Crippen LogP contribution in [0.4, 0.5) is 0 Å². The molecule has 2 aliphatic heterocycles. The summed E-state index contributed by atoms with van der Waals surface area (Å²) in [6, 6.07) is 10.4. The predicted molar refractivity (Wildman–Crippen MR) is 74.9 cm³/mol. The molecule has 0 radical (unpaired) electrons. The van der Waals surface area contributed by atoms with E-state index in [2.05, 4.69) is 11.0 Å². The van der Waals surface area contributed by atoms with Gasteiger partial charge in [-0.05, 0) is 31.0 Å². The molecular formula is C16H20N2O2. The second-order valence-electron chi connectivity index (χ2n) is 5.41. The van der Waals surface area contributed by atoms with Crippen molar-refractivity contribution in [3.05, 3.63) is 35.4 Å². The van der Waals surface area contributed by atoms with E-state index < -0.39 is 0 Å². The highest BCUT2D eigenvalue weighted by molar-refractivity contribution is 5.37. The number of rotatable bonds is 3. The van der Waals surface area contributed by atoms with Gasteiger partial charge in [-0.3, -0.25) is 4.90 Å². The highest BCUT2D eigenvalue weighted by Gasteiger charge is 2.33. The maximum Gasteiger partial charge on any atom is 0.173 e. The van der Waals surface area contributed by atoms with Gasteiger partial charge in [-0.15, -0.1) is 0 Å². The number of nitriles is 1. The van der Waals surface area contributed by atoms with Crippen molar-refractivity contribution < 1.29 is 9.47 Å². The van der Waals surface area contributed by atoms with Crippen LogP contribution in [0.15, 0.2) is 24.3 Å². The molecule has 20 heavy (non-hydrogen) atoms. The molecule has 0 saturated carbocycles. The minimum Gasteiger partial charge on any atom is -0.349 e. The Kier molecular flexibility index (Phi) is 4.31. The predicted octanol–water partition coefficient (Wildman–Crippen LogP) is 2.29. The molecule has 0 N–H and O–H groups in total. The van der Waals surface area contributed by atoms with E-state index in [4.69, 9.17) is 9.47 Å². The maximum atomic E-state index is 9.21. The normalized spacial score (nSPS) is 24.6. The third-order valence-electron chi connectivity index (χ3n) is 4.14. The summed E-state index contributed by atoms with van der Waals surface area (Å²) in [5.74, 6) is 0. The minimum absolute atomic E-state index is 0.0930. The van der Waals surface area contributed by atoms with Crippen LogP contribution in [0.3, 0.4) is 0 Å². The van der Waals surface area contributed by atoms with Gasteiger partial charge in [-0.25, -0.2) is 0 Å². The summed E-state index contributed by atoms with van der Waals surface area (Å²) in [6.45, 7) is 3.25. The van der Waals surface area contributed by atoms with Gasteiger partial charge in [0.1, 0.15) is 0 Å². The molecule has 0 spiro atoms.